The van der Waals surface area contributed by atoms with Gasteiger partial charge in [0.05, 0.1) is 6.04 Å². The Bertz CT molecular complexity index is 884. The molecule has 1 saturated carbocycles. The maximum Gasteiger partial charge on any atom is 0.325 e. The topological polar surface area (TPSA) is 90.0 Å². The van der Waals surface area contributed by atoms with E-state index in [0.29, 0.717) is 19.6 Å². The van der Waals surface area contributed by atoms with Crippen LogP contribution in [-0.2, 0) is 14.4 Å². The van der Waals surface area contributed by atoms with E-state index in [0.717, 1.165) is 24.8 Å². The predicted octanol–water partition coefficient (Wildman–Crippen LogP) is 0.996. The van der Waals surface area contributed by atoms with Crippen molar-refractivity contribution in [3.05, 3.63) is 35.9 Å². The number of nitrogens with one attached hydrogen (secondary N) is 1. The van der Waals surface area contributed by atoms with Crippen molar-refractivity contribution in [2.75, 3.05) is 32.7 Å². The van der Waals surface area contributed by atoms with Gasteiger partial charge in [-0.05, 0) is 18.4 Å². The van der Waals surface area contributed by atoms with Gasteiger partial charge in [-0.1, -0.05) is 36.8 Å². The number of nitrogens with zero attached hydrogens (tertiary/aromatic N) is 3. The lowest BCUT2D eigenvalue weighted by Gasteiger charge is -2.35. The summed E-state index contributed by atoms with van der Waals surface area (Å²) in [5.41, 5.74) is 1.12. The smallest absolute Gasteiger partial charge is 0.325 e. The van der Waals surface area contributed by atoms with Gasteiger partial charge in [-0.15, -0.1) is 0 Å². The van der Waals surface area contributed by atoms with E-state index in [2.05, 4.69) is 22.3 Å². The highest BCUT2D eigenvalue weighted by Crippen LogP contribution is 2.46. The Morgan fingerprint density at radius 3 is 2.43 bits per heavy atom. The highest BCUT2D eigenvalue weighted by atomic mass is 16.2. The number of benzene rings is 1. The fraction of sp³-hybridized carbons (Fsp3) is 0.545. The Balaban J connectivity index is 1.32. The van der Waals surface area contributed by atoms with E-state index in [4.69, 9.17) is 0 Å². The molecule has 1 N–H and O–H groups in total. The summed E-state index contributed by atoms with van der Waals surface area (Å²) in [6, 6.07) is 9.58. The third-order valence-corrected chi connectivity index (χ3v) is 7.09. The third kappa shape index (κ3) is 3.24. The molecule has 3 heterocycles. The van der Waals surface area contributed by atoms with Crippen molar-refractivity contribution in [1.82, 2.24) is 20.0 Å². The standard InChI is InChI=1S/C22H26N4O4/c27-18-12-25(22(30)23-18)13-19(28)24-9-16-10-26(21(29)15-7-4-8-15)20(17(16)11-24)14-5-2-1-3-6-14/h1-3,5-6,15-17,20H,4,7-13H2,(H,23,27,30)/t16-,17-,20-/m0/s1. The van der Waals surface area contributed by atoms with E-state index in [1.165, 1.54) is 4.90 Å². The van der Waals surface area contributed by atoms with Crippen LogP contribution in [0.3, 0.4) is 0 Å². The van der Waals surface area contributed by atoms with Crippen LogP contribution in [0.25, 0.3) is 0 Å². The Hall–Kier alpha value is -2.90. The molecule has 0 bridgehead atoms. The first kappa shape index (κ1) is 19.1. The van der Waals surface area contributed by atoms with Gasteiger partial charge >= 0.3 is 6.03 Å². The Morgan fingerprint density at radius 2 is 1.80 bits per heavy atom. The summed E-state index contributed by atoms with van der Waals surface area (Å²) in [6.45, 7) is 1.68. The van der Waals surface area contributed by atoms with Gasteiger partial charge in [-0.2, -0.15) is 0 Å². The molecule has 1 aromatic rings. The van der Waals surface area contributed by atoms with Gasteiger partial charge in [-0.3, -0.25) is 19.7 Å². The van der Waals surface area contributed by atoms with Crippen LogP contribution in [0.4, 0.5) is 4.79 Å². The first-order valence-corrected chi connectivity index (χ1v) is 10.7. The lowest BCUT2D eigenvalue weighted by Crippen LogP contribution is -2.44. The van der Waals surface area contributed by atoms with Gasteiger partial charge in [0, 0.05) is 37.4 Å². The zero-order valence-electron chi connectivity index (χ0n) is 16.8. The molecule has 0 spiro atoms. The molecule has 0 unspecified atom stereocenters. The van der Waals surface area contributed by atoms with Gasteiger partial charge in [0.2, 0.25) is 17.7 Å². The Labute approximate surface area is 175 Å². The molecule has 8 heteroatoms. The molecule has 4 aliphatic rings. The summed E-state index contributed by atoms with van der Waals surface area (Å²) in [7, 11) is 0. The van der Waals surface area contributed by atoms with Crippen molar-refractivity contribution >= 4 is 23.8 Å². The number of hydrogen-bond acceptors (Lipinski definition) is 4. The zero-order valence-corrected chi connectivity index (χ0v) is 16.8. The highest BCUT2D eigenvalue weighted by molar-refractivity contribution is 6.03. The van der Waals surface area contributed by atoms with Crippen LogP contribution >= 0.6 is 0 Å². The fourth-order valence-electron chi connectivity index (χ4n) is 5.32. The van der Waals surface area contributed by atoms with Gasteiger partial charge in [0.25, 0.3) is 0 Å². The second-order valence-corrected chi connectivity index (χ2v) is 8.91. The van der Waals surface area contributed by atoms with Crippen LogP contribution in [0.15, 0.2) is 30.3 Å². The minimum atomic E-state index is -0.507. The highest BCUT2D eigenvalue weighted by Gasteiger charge is 2.51. The molecular weight excluding hydrogens is 384 g/mol. The number of hydrogen-bond donors (Lipinski definition) is 1. The van der Waals surface area contributed by atoms with Crippen LogP contribution in [0, 0.1) is 17.8 Å². The van der Waals surface area contributed by atoms with Crippen molar-refractivity contribution in [2.45, 2.75) is 25.3 Å². The SMILES string of the molecule is O=C1CN(CC(=O)N2C[C@H]3CN(C(=O)C4CCC4)[C@@H](c4ccccc4)[C@H]3C2)C(=O)N1. The van der Waals surface area contributed by atoms with Crippen molar-refractivity contribution in [3.8, 4) is 0 Å². The van der Waals surface area contributed by atoms with E-state index >= 15 is 0 Å². The normalized spacial score (nSPS) is 28.5. The number of fused-ring (bicyclic) bond motifs is 1. The molecule has 3 saturated heterocycles. The monoisotopic (exact) mass is 410 g/mol. The average molecular weight is 410 g/mol. The number of imide groups is 1. The van der Waals surface area contributed by atoms with Crippen molar-refractivity contribution in [1.29, 1.82) is 0 Å². The first-order chi connectivity index (χ1) is 14.5. The van der Waals surface area contributed by atoms with E-state index in [1.54, 1.807) is 4.90 Å². The van der Waals surface area contributed by atoms with Crippen LogP contribution in [0.1, 0.15) is 30.9 Å². The largest absolute Gasteiger partial charge is 0.340 e. The number of amides is 5. The summed E-state index contributed by atoms with van der Waals surface area (Å²) >= 11 is 0. The molecule has 0 radical (unpaired) electrons. The molecule has 3 aliphatic heterocycles. The molecular formula is C22H26N4O4. The van der Waals surface area contributed by atoms with Gasteiger partial charge < -0.3 is 14.7 Å². The molecule has 8 nitrogen and oxygen atoms in total. The van der Waals surface area contributed by atoms with Crippen LogP contribution < -0.4 is 5.32 Å². The maximum absolute atomic E-state index is 13.1. The van der Waals surface area contributed by atoms with Gasteiger partial charge in [0.1, 0.15) is 13.1 Å². The Kier molecular flexibility index (Phi) is 4.72. The van der Waals surface area contributed by atoms with E-state index in [-0.39, 0.29) is 54.6 Å². The molecule has 3 atom stereocenters. The predicted molar refractivity (Wildman–Crippen MR) is 107 cm³/mol. The molecule has 0 aromatic heterocycles. The quantitative estimate of drug-likeness (QED) is 0.750. The number of carbonyl (C=O) groups excluding carboxylic acids is 4. The average Bonchev–Trinajstić information content (AvgIpc) is 3.33. The number of rotatable bonds is 4. The van der Waals surface area contributed by atoms with Crippen molar-refractivity contribution in [2.24, 2.45) is 17.8 Å². The third-order valence-electron chi connectivity index (χ3n) is 7.09. The molecule has 30 heavy (non-hydrogen) atoms. The first-order valence-electron chi connectivity index (χ1n) is 10.7. The molecule has 5 amide bonds. The van der Waals surface area contributed by atoms with E-state index in [1.807, 2.05) is 18.2 Å². The van der Waals surface area contributed by atoms with Crippen molar-refractivity contribution in [3.63, 3.8) is 0 Å². The summed E-state index contributed by atoms with van der Waals surface area (Å²) < 4.78 is 0. The minimum Gasteiger partial charge on any atom is -0.340 e. The van der Waals surface area contributed by atoms with E-state index < -0.39 is 6.03 Å². The summed E-state index contributed by atoms with van der Waals surface area (Å²) in [5.74, 6) is 0.318. The Morgan fingerprint density at radius 1 is 1.03 bits per heavy atom. The molecule has 4 fully saturated rings. The minimum absolute atomic E-state index is 0.0150. The second-order valence-electron chi connectivity index (χ2n) is 8.91. The number of urea groups is 1. The molecule has 158 valence electrons. The molecule has 1 aromatic carbocycles. The zero-order chi connectivity index (χ0) is 20.8. The molecule has 5 rings (SSSR count). The summed E-state index contributed by atoms with van der Waals surface area (Å²) in [4.78, 5) is 54.2. The summed E-state index contributed by atoms with van der Waals surface area (Å²) in [5, 5.41) is 2.20. The van der Waals surface area contributed by atoms with Crippen LogP contribution in [0.5, 0.6) is 0 Å². The van der Waals surface area contributed by atoms with Gasteiger partial charge in [0.15, 0.2) is 0 Å². The van der Waals surface area contributed by atoms with Crippen LogP contribution in [0.2, 0.25) is 0 Å². The summed E-state index contributed by atoms with van der Waals surface area (Å²) in [6.07, 6.45) is 3.09. The molecule has 1 aliphatic carbocycles. The van der Waals surface area contributed by atoms with Gasteiger partial charge in [-0.25, -0.2) is 4.79 Å². The van der Waals surface area contributed by atoms with Crippen LogP contribution in [-0.4, -0.2) is 71.2 Å². The number of carbonyl (C=O) groups is 4. The van der Waals surface area contributed by atoms with E-state index in [9.17, 15) is 19.2 Å². The lowest BCUT2D eigenvalue weighted by atomic mass is 9.83. The second kappa shape index (κ2) is 7.41. The maximum atomic E-state index is 13.1. The lowest BCUT2D eigenvalue weighted by molar-refractivity contribution is -0.140. The number of likely N-dealkylation sites (tertiary alicyclic amines) is 2. The van der Waals surface area contributed by atoms with Crippen molar-refractivity contribution < 1.29 is 19.2 Å². The fourth-order valence-corrected chi connectivity index (χ4v) is 5.32.